The fourth-order valence-corrected chi connectivity index (χ4v) is 2.50. The first-order valence-corrected chi connectivity index (χ1v) is 8.02. The summed E-state index contributed by atoms with van der Waals surface area (Å²) in [6, 6.07) is 6.67. The van der Waals surface area contributed by atoms with E-state index in [1.165, 1.54) is 6.92 Å². The Kier molecular flexibility index (Phi) is 5.56. The van der Waals surface area contributed by atoms with Crippen molar-refractivity contribution < 1.29 is 23.5 Å². The van der Waals surface area contributed by atoms with E-state index in [0.717, 1.165) is 4.47 Å². The molecule has 1 aromatic carbocycles. The highest BCUT2D eigenvalue weighted by atomic mass is 79.9. The van der Waals surface area contributed by atoms with Gasteiger partial charge >= 0.3 is 5.97 Å². The minimum absolute atomic E-state index is 0.0627. The molecule has 0 aliphatic carbocycles. The maximum Gasteiger partial charge on any atom is 0.344 e. The molecule has 0 atom stereocenters. The average molecular weight is 394 g/mol. The quantitative estimate of drug-likeness (QED) is 0.613. The highest BCUT2D eigenvalue weighted by Gasteiger charge is 2.28. The number of amides is 1. The van der Waals surface area contributed by atoms with Crippen molar-refractivity contribution >= 4 is 39.5 Å². The monoisotopic (exact) mass is 393 g/mol. The number of furan rings is 1. The van der Waals surface area contributed by atoms with E-state index in [9.17, 15) is 14.4 Å². The summed E-state index contributed by atoms with van der Waals surface area (Å²) in [5.41, 5.74) is 0.429. The van der Waals surface area contributed by atoms with Crippen molar-refractivity contribution in [1.82, 2.24) is 0 Å². The molecule has 0 saturated heterocycles. The third-order valence-electron chi connectivity index (χ3n) is 3.25. The molecular formula is C17H16BrNO5. The van der Waals surface area contributed by atoms with Gasteiger partial charge in [-0.2, -0.15) is 0 Å². The molecule has 126 valence electrons. The molecule has 0 aliphatic heterocycles. The van der Waals surface area contributed by atoms with Crippen LogP contribution in [0.4, 0.5) is 5.88 Å². The molecule has 7 heteroatoms. The third-order valence-corrected chi connectivity index (χ3v) is 3.78. The molecule has 1 N–H and O–H groups in total. The Morgan fingerprint density at radius 2 is 1.79 bits per heavy atom. The van der Waals surface area contributed by atoms with Gasteiger partial charge in [-0.25, -0.2) is 4.79 Å². The van der Waals surface area contributed by atoms with Gasteiger partial charge in [-0.15, -0.1) is 0 Å². The largest absolute Gasteiger partial charge is 0.462 e. The van der Waals surface area contributed by atoms with Crippen LogP contribution in [0.5, 0.6) is 0 Å². The van der Waals surface area contributed by atoms with E-state index < -0.39 is 11.9 Å². The molecule has 2 aromatic rings. The lowest BCUT2D eigenvalue weighted by atomic mass is 10.1. The topological polar surface area (TPSA) is 85.6 Å². The lowest BCUT2D eigenvalue weighted by molar-refractivity contribution is 0.0524. The zero-order chi connectivity index (χ0) is 17.9. The van der Waals surface area contributed by atoms with E-state index >= 15 is 0 Å². The number of hydrogen-bond acceptors (Lipinski definition) is 5. The van der Waals surface area contributed by atoms with Crippen molar-refractivity contribution in [1.29, 1.82) is 0 Å². The van der Waals surface area contributed by atoms with Gasteiger partial charge in [0.05, 0.1) is 12.2 Å². The SMILES string of the molecule is CCOC(=O)c1c(NC(=O)c2ccc(Br)cc2)oc(C)c1C(C)=O. The second-order valence-electron chi connectivity index (χ2n) is 4.98. The minimum Gasteiger partial charge on any atom is -0.462 e. The van der Waals surface area contributed by atoms with Crippen molar-refractivity contribution in [2.45, 2.75) is 20.8 Å². The van der Waals surface area contributed by atoms with Gasteiger partial charge in [0.25, 0.3) is 5.91 Å². The Labute approximate surface area is 147 Å². The predicted molar refractivity (Wildman–Crippen MR) is 91.5 cm³/mol. The van der Waals surface area contributed by atoms with Crippen molar-refractivity contribution in [3.8, 4) is 0 Å². The van der Waals surface area contributed by atoms with Crippen molar-refractivity contribution in [2.24, 2.45) is 0 Å². The van der Waals surface area contributed by atoms with Gasteiger partial charge in [0.1, 0.15) is 11.3 Å². The van der Waals surface area contributed by atoms with E-state index in [-0.39, 0.29) is 35.2 Å². The first-order valence-electron chi connectivity index (χ1n) is 7.23. The molecule has 24 heavy (non-hydrogen) atoms. The second kappa shape index (κ2) is 7.44. The van der Waals surface area contributed by atoms with Gasteiger partial charge in [-0.3, -0.25) is 14.9 Å². The summed E-state index contributed by atoms with van der Waals surface area (Å²) in [5.74, 6) is -1.37. The van der Waals surface area contributed by atoms with Crippen molar-refractivity contribution in [3.05, 3.63) is 51.2 Å². The highest BCUT2D eigenvalue weighted by Crippen LogP contribution is 2.29. The zero-order valence-corrected chi connectivity index (χ0v) is 15.0. The van der Waals surface area contributed by atoms with Crippen LogP contribution in [-0.2, 0) is 4.74 Å². The average Bonchev–Trinajstić information content (AvgIpc) is 2.84. The van der Waals surface area contributed by atoms with Crippen LogP contribution >= 0.6 is 15.9 Å². The molecule has 2 rings (SSSR count). The van der Waals surface area contributed by atoms with Crippen LogP contribution in [0.15, 0.2) is 33.2 Å². The fraction of sp³-hybridized carbons (Fsp3) is 0.235. The van der Waals surface area contributed by atoms with E-state index in [4.69, 9.17) is 9.15 Å². The molecule has 1 aromatic heterocycles. The van der Waals surface area contributed by atoms with Gasteiger partial charge in [-0.05, 0) is 45.0 Å². The summed E-state index contributed by atoms with van der Waals surface area (Å²) >= 11 is 3.29. The Morgan fingerprint density at radius 3 is 2.33 bits per heavy atom. The number of rotatable bonds is 5. The number of nitrogens with one attached hydrogen (secondary N) is 1. The predicted octanol–water partition coefficient (Wildman–Crippen LogP) is 3.98. The number of ether oxygens (including phenoxy) is 1. The fourth-order valence-electron chi connectivity index (χ4n) is 2.23. The number of carbonyl (C=O) groups is 3. The molecule has 0 radical (unpaired) electrons. The molecule has 0 spiro atoms. The number of ketones is 1. The maximum atomic E-state index is 12.3. The standard InChI is InChI=1S/C17H16BrNO5/c1-4-23-17(22)14-13(9(2)20)10(3)24-16(14)19-15(21)11-5-7-12(18)8-6-11/h5-8H,4H2,1-3H3,(H,19,21). The Bertz CT molecular complexity index is 792. The first kappa shape index (κ1) is 17.9. The number of esters is 1. The van der Waals surface area contributed by atoms with E-state index in [2.05, 4.69) is 21.2 Å². The first-order chi connectivity index (χ1) is 11.3. The van der Waals surface area contributed by atoms with Crippen molar-refractivity contribution in [2.75, 3.05) is 11.9 Å². The van der Waals surface area contributed by atoms with Gasteiger partial charge in [-0.1, -0.05) is 15.9 Å². The van der Waals surface area contributed by atoms with Crippen molar-refractivity contribution in [3.63, 3.8) is 0 Å². The van der Waals surface area contributed by atoms with Crippen LogP contribution < -0.4 is 5.32 Å². The number of Topliss-reactive ketones (excluding diaryl/α,β-unsaturated/α-hetero) is 1. The third kappa shape index (κ3) is 3.73. The smallest absolute Gasteiger partial charge is 0.344 e. The summed E-state index contributed by atoms with van der Waals surface area (Å²) in [6.07, 6.45) is 0. The molecule has 0 bridgehead atoms. The summed E-state index contributed by atoms with van der Waals surface area (Å²) in [5, 5.41) is 2.53. The lowest BCUT2D eigenvalue weighted by Gasteiger charge is -2.06. The normalized spacial score (nSPS) is 10.3. The van der Waals surface area contributed by atoms with E-state index in [1.54, 1.807) is 38.1 Å². The molecule has 1 heterocycles. The number of hydrogen-bond donors (Lipinski definition) is 1. The molecule has 0 fully saturated rings. The van der Waals surface area contributed by atoms with Crippen LogP contribution in [0, 0.1) is 6.92 Å². The molecule has 6 nitrogen and oxygen atoms in total. The zero-order valence-electron chi connectivity index (χ0n) is 13.4. The summed E-state index contributed by atoms with van der Waals surface area (Å²) < 4.78 is 11.2. The molecule has 1 amide bonds. The molecular weight excluding hydrogens is 378 g/mol. The second-order valence-corrected chi connectivity index (χ2v) is 5.89. The van der Waals surface area contributed by atoms with Gasteiger partial charge in [0, 0.05) is 10.0 Å². The van der Waals surface area contributed by atoms with Gasteiger partial charge < -0.3 is 9.15 Å². The maximum absolute atomic E-state index is 12.3. The number of benzene rings is 1. The Hall–Kier alpha value is -2.41. The number of anilines is 1. The lowest BCUT2D eigenvalue weighted by Crippen LogP contribution is -2.16. The van der Waals surface area contributed by atoms with Gasteiger partial charge in [0.2, 0.25) is 5.88 Å². The summed E-state index contributed by atoms with van der Waals surface area (Å²) in [7, 11) is 0. The summed E-state index contributed by atoms with van der Waals surface area (Å²) in [6.45, 7) is 4.66. The minimum atomic E-state index is -0.717. The molecule has 0 unspecified atom stereocenters. The molecule has 0 aliphatic rings. The van der Waals surface area contributed by atoms with E-state index in [1.807, 2.05) is 0 Å². The number of carbonyl (C=O) groups excluding carboxylic acids is 3. The highest BCUT2D eigenvalue weighted by molar-refractivity contribution is 9.10. The van der Waals surface area contributed by atoms with Crippen LogP contribution in [0.2, 0.25) is 0 Å². The van der Waals surface area contributed by atoms with Gasteiger partial charge in [0.15, 0.2) is 5.78 Å². The number of halogens is 1. The Balaban J connectivity index is 2.40. The van der Waals surface area contributed by atoms with Crippen LogP contribution in [0.1, 0.15) is 50.7 Å². The van der Waals surface area contributed by atoms with Crippen LogP contribution in [-0.4, -0.2) is 24.3 Å². The van der Waals surface area contributed by atoms with E-state index in [0.29, 0.717) is 5.56 Å². The number of aryl methyl sites for hydroxylation is 1. The summed E-state index contributed by atoms with van der Waals surface area (Å²) in [4.78, 5) is 36.3. The van der Waals surface area contributed by atoms with Crippen LogP contribution in [0.3, 0.4) is 0 Å². The Morgan fingerprint density at radius 1 is 1.17 bits per heavy atom. The van der Waals surface area contributed by atoms with Crippen LogP contribution in [0.25, 0.3) is 0 Å². The molecule has 0 saturated carbocycles.